The lowest BCUT2D eigenvalue weighted by Crippen LogP contribution is -2.45. The van der Waals surface area contributed by atoms with Crippen molar-refractivity contribution in [3.05, 3.63) is 52.9 Å². The van der Waals surface area contributed by atoms with Crippen LogP contribution in [0.1, 0.15) is 80.3 Å². The molecule has 7 nitrogen and oxygen atoms in total. The Morgan fingerprint density at radius 1 is 1.15 bits per heavy atom. The Morgan fingerprint density at radius 2 is 1.87 bits per heavy atom. The van der Waals surface area contributed by atoms with Crippen molar-refractivity contribution in [3.8, 4) is 0 Å². The molecule has 4 heterocycles. The molecule has 2 bridgehead atoms. The summed E-state index contributed by atoms with van der Waals surface area (Å²) in [5.41, 5.74) is 2.51. The van der Waals surface area contributed by atoms with E-state index in [2.05, 4.69) is 19.8 Å². The van der Waals surface area contributed by atoms with E-state index in [1.807, 2.05) is 13.0 Å². The second-order valence-corrected chi connectivity index (χ2v) is 11.1. The lowest BCUT2D eigenvalue weighted by atomic mass is 9.94. The number of amides is 2. The Labute approximate surface area is 225 Å². The molecule has 11 heteroatoms. The number of aromatic nitrogens is 2. The normalized spacial score (nSPS) is 23.9. The number of fused-ring (bicyclic) bond motifs is 3. The number of nitrogens with one attached hydrogen (secondary N) is 1. The van der Waals surface area contributed by atoms with Crippen LogP contribution in [-0.4, -0.2) is 62.5 Å². The summed E-state index contributed by atoms with van der Waals surface area (Å²) >= 11 is 0. The van der Waals surface area contributed by atoms with E-state index < -0.39 is 18.5 Å². The van der Waals surface area contributed by atoms with Gasteiger partial charge in [-0.15, -0.1) is 0 Å². The van der Waals surface area contributed by atoms with Crippen molar-refractivity contribution in [3.63, 3.8) is 0 Å². The number of halogens is 4. The van der Waals surface area contributed by atoms with Crippen LogP contribution < -0.4 is 5.32 Å². The standard InChI is InChI=1S/C28H35F4N5O2/c1-17-33-25-16-35(27(39)15-28(30,31)32)10-9-26(25)37(17)23-13-21-6-7-22(14-23)36(21)11-8-24(34-18(2)38)19-4-3-5-20(29)12-19/h3-5,12,21-24H,6-11,13-16H2,1-2H3,(H,34,38)/t21-,22+,23?,24-/m0/s1. The summed E-state index contributed by atoms with van der Waals surface area (Å²) in [4.78, 5) is 32.5. The van der Waals surface area contributed by atoms with Gasteiger partial charge in [0.25, 0.3) is 0 Å². The Bertz CT molecular complexity index is 1220. The number of rotatable bonds is 7. The topological polar surface area (TPSA) is 70.5 Å². The third kappa shape index (κ3) is 6.13. The number of hydrogen-bond donors (Lipinski definition) is 1. The van der Waals surface area contributed by atoms with Crippen LogP contribution in [0.4, 0.5) is 17.6 Å². The first-order valence-corrected chi connectivity index (χ1v) is 13.7. The van der Waals surface area contributed by atoms with Gasteiger partial charge in [-0.05, 0) is 56.7 Å². The van der Waals surface area contributed by atoms with Gasteiger partial charge in [-0.1, -0.05) is 12.1 Å². The summed E-state index contributed by atoms with van der Waals surface area (Å²) < 4.78 is 54.3. The number of hydrogen-bond acceptors (Lipinski definition) is 4. The second-order valence-electron chi connectivity index (χ2n) is 11.1. The molecule has 0 spiro atoms. The lowest BCUT2D eigenvalue weighted by molar-refractivity contribution is -0.162. The van der Waals surface area contributed by atoms with Gasteiger partial charge in [-0.3, -0.25) is 14.5 Å². The average molecular weight is 550 g/mol. The highest BCUT2D eigenvalue weighted by Crippen LogP contribution is 2.43. The fourth-order valence-electron chi connectivity index (χ4n) is 6.91. The molecule has 0 saturated carbocycles. The molecule has 0 radical (unpaired) electrons. The largest absolute Gasteiger partial charge is 0.397 e. The Kier molecular flexibility index (Phi) is 7.72. The predicted molar refractivity (Wildman–Crippen MR) is 136 cm³/mol. The molecule has 2 saturated heterocycles. The van der Waals surface area contributed by atoms with Crippen LogP contribution >= 0.6 is 0 Å². The second kappa shape index (κ2) is 10.9. The van der Waals surface area contributed by atoms with Gasteiger partial charge in [0, 0.05) is 50.3 Å². The summed E-state index contributed by atoms with van der Waals surface area (Å²) in [6, 6.07) is 7.12. The molecule has 1 aromatic carbocycles. The molecule has 2 fully saturated rings. The molecule has 2 aromatic rings. The summed E-state index contributed by atoms with van der Waals surface area (Å²) in [6.07, 6.45) is -0.707. The van der Waals surface area contributed by atoms with E-state index in [9.17, 15) is 27.2 Å². The molecule has 1 unspecified atom stereocenters. The molecular weight excluding hydrogens is 514 g/mol. The van der Waals surface area contributed by atoms with Crippen molar-refractivity contribution in [1.82, 2.24) is 24.7 Å². The molecule has 1 aromatic heterocycles. The van der Waals surface area contributed by atoms with E-state index in [-0.39, 0.29) is 36.9 Å². The van der Waals surface area contributed by atoms with Gasteiger partial charge >= 0.3 is 6.18 Å². The summed E-state index contributed by atoms with van der Waals surface area (Å²) in [7, 11) is 0. The van der Waals surface area contributed by atoms with Gasteiger partial charge in [-0.25, -0.2) is 9.37 Å². The van der Waals surface area contributed by atoms with Crippen molar-refractivity contribution < 1.29 is 27.2 Å². The SMILES string of the molecule is CC(=O)N[C@@H](CCN1[C@@H]2CC[C@H]1CC(n1c(C)nc3c1CCN(C(=O)CC(F)(F)F)C3)C2)c1cccc(F)c1. The van der Waals surface area contributed by atoms with Gasteiger partial charge in [0.1, 0.15) is 18.1 Å². The highest BCUT2D eigenvalue weighted by Gasteiger charge is 2.43. The minimum Gasteiger partial charge on any atom is -0.349 e. The maximum atomic E-state index is 13.9. The maximum absolute atomic E-state index is 13.9. The minimum absolute atomic E-state index is 0.119. The molecule has 4 atom stereocenters. The van der Waals surface area contributed by atoms with Crippen molar-refractivity contribution >= 4 is 11.8 Å². The first-order valence-electron chi connectivity index (χ1n) is 13.7. The summed E-state index contributed by atoms with van der Waals surface area (Å²) in [5.74, 6) is -0.525. The summed E-state index contributed by atoms with van der Waals surface area (Å²) in [6.45, 7) is 4.59. The summed E-state index contributed by atoms with van der Waals surface area (Å²) in [5, 5.41) is 2.97. The van der Waals surface area contributed by atoms with Crippen LogP contribution in [0.3, 0.4) is 0 Å². The molecule has 3 aliphatic heterocycles. The fraction of sp³-hybridized carbons (Fsp3) is 0.607. The zero-order chi connectivity index (χ0) is 27.9. The van der Waals surface area contributed by atoms with Crippen LogP contribution in [-0.2, 0) is 22.6 Å². The van der Waals surface area contributed by atoms with Gasteiger partial charge < -0.3 is 14.8 Å². The number of aryl methyl sites for hydroxylation is 1. The molecule has 3 aliphatic rings. The van der Waals surface area contributed by atoms with Gasteiger partial charge in [-0.2, -0.15) is 13.2 Å². The van der Waals surface area contributed by atoms with E-state index in [1.54, 1.807) is 6.07 Å². The highest BCUT2D eigenvalue weighted by molar-refractivity contribution is 5.77. The number of benzene rings is 1. The first-order chi connectivity index (χ1) is 18.5. The third-order valence-electron chi connectivity index (χ3n) is 8.46. The van der Waals surface area contributed by atoms with Crippen LogP contribution in [0, 0.1) is 12.7 Å². The Balaban J connectivity index is 1.25. The minimum atomic E-state index is -4.51. The predicted octanol–water partition coefficient (Wildman–Crippen LogP) is 4.60. The zero-order valence-electron chi connectivity index (χ0n) is 22.3. The number of carbonyl (C=O) groups excluding carboxylic acids is 2. The van der Waals surface area contributed by atoms with E-state index in [1.165, 1.54) is 24.0 Å². The molecular formula is C28H35F4N5O2. The molecule has 2 amide bonds. The van der Waals surface area contributed by atoms with Gasteiger partial charge in [0.05, 0.1) is 18.3 Å². The number of alkyl halides is 3. The van der Waals surface area contributed by atoms with Gasteiger partial charge in [0.15, 0.2) is 0 Å². The fourth-order valence-corrected chi connectivity index (χ4v) is 6.91. The molecule has 5 rings (SSSR count). The quantitative estimate of drug-likeness (QED) is 0.513. The van der Waals surface area contributed by atoms with Crippen LogP contribution in [0.15, 0.2) is 24.3 Å². The molecule has 39 heavy (non-hydrogen) atoms. The highest BCUT2D eigenvalue weighted by atomic mass is 19.4. The van der Waals surface area contributed by atoms with Crippen LogP contribution in [0.2, 0.25) is 0 Å². The zero-order valence-corrected chi connectivity index (χ0v) is 22.3. The number of carbonyl (C=O) groups is 2. The van der Waals surface area contributed by atoms with Crippen molar-refractivity contribution in [1.29, 1.82) is 0 Å². The maximum Gasteiger partial charge on any atom is 0.397 e. The third-order valence-corrected chi connectivity index (χ3v) is 8.46. The molecule has 0 aliphatic carbocycles. The Hall–Kier alpha value is -2.95. The molecule has 212 valence electrons. The lowest BCUT2D eigenvalue weighted by Gasteiger charge is -2.41. The van der Waals surface area contributed by atoms with E-state index in [4.69, 9.17) is 0 Å². The first kappa shape index (κ1) is 27.6. The van der Waals surface area contributed by atoms with Crippen LogP contribution in [0.25, 0.3) is 0 Å². The molecule has 1 N–H and O–H groups in total. The van der Waals surface area contributed by atoms with E-state index in [0.717, 1.165) is 49.3 Å². The van der Waals surface area contributed by atoms with E-state index >= 15 is 0 Å². The van der Waals surface area contributed by atoms with Crippen molar-refractivity contribution in [2.24, 2.45) is 0 Å². The smallest absolute Gasteiger partial charge is 0.349 e. The number of nitrogens with zero attached hydrogens (tertiary/aromatic N) is 4. The van der Waals surface area contributed by atoms with E-state index in [0.29, 0.717) is 30.6 Å². The van der Waals surface area contributed by atoms with Crippen molar-refractivity contribution in [2.45, 2.75) is 95.7 Å². The van der Waals surface area contributed by atoms with Crippen molar-refractivity contribution in [2.75, 3.05) is 13.1 Å². The monoisotopic (exact) mass is 549 g/mol. The van der Waals surface area contributed by atoms with Gasteiger partial charge in [0.2, 0.25) is 11.8 Å². The average Bonchev–Trinajstić information content (AvgIpc) is 3.30. The number of imidazole rings is 1. The van der Waals surface area contributed by atoms with Crippen LogP contribution in [0.5, 0.6) is 0 Å². The Morgan fingerprint density at radius 3 is 2.51 bits per heavy atom. The number of piperidine rings is 1.